The van der Waals surface area contributed by atoms with Crippen molar-refractivity contribution in [3.63, 3.8) is 0 Å². The van der Waals surface area contributed by atoms with Gasteiger partial charge < -0.3 is 10.2 Å². The Bertz CT molecular complexity index is 1020. The van der Waals surface area contributed by atoms with Gasteiger partial charge in [-0.05, 0) is 65.2 Å². The fourth-order valence-electron chi connectivity index (χ4n) is 2.90. The molecule has 0 saturated heterocycles. The van der Waals surface area contributed by atoms with Crippen molar-refractivity contribution in [2.24, 2.45) is 0 Å². The van der Waals surface area contributed by atoms with Crippen molar-refractivity contribution in [2.45, 2.75) is 31.3 Å². The van der Waals surface area contributed by atoms with Crippen LogP contribution in [0.3, 0.4) is 0 Å². The van der Waals surface area contributed by atoms with Gasteiger partial charge in [-0.2, -0.15) is 4.68 Å². The highest BCUT2D eigenvalue weighted by Gasteiger charge is 2.13. The van der Waals surface area contributed by atoms with Crippen molar-refractivity contribution in [1.82, 2.24) is 25.1 Å². The van der Waals surface area contributed by atoms with E-state index in [0.29, 0.717) is 16.4 Å². The van der Waals surface area contributed by atoms with E-state index >= 15 is 0 Å². The summed E-state index contributed by atoms with van der Waals surface area (Å²) in [4.78, 5) is 25.8. The summed E-state index contributed by atoms with van der Waals surface area (Å²) in [5.74, 6) is -0.104. The molecule has 162 valence electrons. The quantitative estimate of drug-likeness (QED) is 0.515. The standard InChI is InChI=1S/C22H26N6O2S/c1-4-5-6-16-7-13-19(14-8-16)28-22(24-25-26-28)31-15-20(29)23-18-11-9-17(10-12-18)21(30)27(2)3/h7-14H,4-6,15H2,1-3H3,(H,23,29). The van der Waals surface area contributed by atoms with Crippen LogP contribution < -0.4 is 5.32 Å². The summed E-state index contributed by atoms with van der Waals surface area (Å²) in [6.07, 6.45) is 3.38. The molecule has 0 aliphatic carbocycles. The number of nitrogens with one attached hydrogen (secondary N) is 1. The molecule has 0 radical (unpaired) electrons. The molecule has 0 aliphatic heterocycles. The van der Waals surface area contributed by atoms with Crippen LogP contribution in [-0.2, 0) is 11.2 Å². The minimum Gasteiger partial charge on any atom is -0.345 e. The number of aryl methyl sites for hydroxylation is 1. The zero-order valence-electron chi connectivity index (χ0n) is 17.9. The zero-order chi connectivity index (χ0) is 22.2. The molecule has 1 aromatic heterocycles. The van der Waals surface area contributed by atoms with Crippen LogP contribution >= 0.6 is 11.8 Å². The van der Waals surface area contributed by atoms with Crippen LogP contribution in [0.15, 0.2) is 53.7 Å². The van der Waals surface area contributed by atoms with Crippen LogP contribution in [0.4, 0.5) is 5.69 Å². The van der Waals surface area contributed by atoms with Gasteiger partial charge in [0.25, 0.3) is 5.91 Å². The van der Waals surface area contributed by atoms with E-state index in [9.17, 15) is 9.59 Å². The minimum atomic E-state index is -0.179. The van der Waals surface area contributed by atoms with E-state index < -0.39 is 0 Å². The number of anilines is 1. The molecule has 0 bridgehead atoms. The second-order valence-corrected chi connectivity index (χ2v) is 8.20. The van der Waals surface area contributed by atoms with Crippen LogP contribution in [0.5, 0.6) is 0 Å². The molecule has 31 heavy (non-hydrogen) atoms. The van der Waals surface area contributed by atoms with E-state index in [1.807, 2.05) is 12.1 Å². The van der Waals surface area contributed by atoms with Crippen LogP contribution in [0.25, 0.3) is 5.69 Å². The third kappa shape index (κ3) is 6.14. The van der Waals surface area contributed by atoms with Crippen LogP contribution in [0.1, 0.15) is 35.7 Å². The highest BCUT2D eigenvalue weighted by atomic mass is 32.2. The summed E-state index contributed by atoms with van der Waals surface area (Å²) >= 11 is 1.26. The van der Waals surface area contributed by atoms with Gasteiger partial charge in [0.2, 0.25) is 11.1 Å². The van der Waals surface area contributed by atoms with Gasteiger partial charge in [0.15, 0.2) is 0 Å². The normalized spacial score (nSPS) is 10.7. The van der Waals surface area contributed by atoms with Crippen molar-refractivity contribution < 1.29 is 9.59 Å². The van der Waals surface area contributed by atoms with Crippen LogP contribution in [0.2, 0.25) is 0 Å². The second kappa shape index (κ2) is 10.7. The molecule has 0 unspecified atom stereocenters. The van der Waals surface area contributed by atoms with E-state index in [1.165, 1.54) is 22.2 Å². The molecule has 8 nitrogen and oxygen atoms in total. The molecule has 2 aromatic carbocycles. The number of unbranched alkanes of at least 4 members (excludes halogenated alkanes) is 1. The number of hydrogen-bond acceptors (Lipinski definition) is 6. The van der Waals surface area contributed by atoms with Gasteiger partial charge in [-0.25, -0.2) is 0 Å². The summed E-state index contributed by atoms with van der Waals surface area (Å²) in [5, 5.41) is 15.2. The van der Waals surface area contributed by atoms with Gasteiger partial charge in [0, 0.05) is 25.3 Å². The Balaban J connectivity index is 1.57. The van der Waals surface area contributed by atoms with Crippen LogP contribution in [-0.4, -0.2) is 56.8 Å². The van der Waals surface area contributed by atoms with E-state index in [1.54, 1.807) is 43.0 Å². The number of benzene rings is 2. The lowest BCUT2D eigenvalue weighted by molar-refractivity contribution is -0.113. The fraction of sp³-hybridized carbons (Fsp3) is 0.318. The number of hydrogen-bond donors (Lipinski definition) is 1. The average Bonchev–Trinajstić information content (AvgIpc) is 3.25. The smallest absolute Gasteiger partial charge is 0.253 e. The molecule has 9 heteroatoms. The first kappa shape index (κ1) is 22.5. The number of tetrazole rings is 1. The first-order valence-electron chi connectivity index (χ1n) is 10.1. The molecule has 0 saturated carbocycles. The second-order valence-electron chi connectivity index (χ2n) is 7.26. The molecule has 0 atom stereocenters. The predicted molar refractivity (Wildman–Crippen MR) is 122 cm³/mol. The first-order valence-corrected chi connectivity index (χ1v) is 11.1. The van der Waals surface area contributed by atoms with Crippen molar-refractivity contribution in [2.75, 3.05) is 25.2 Å². The highest BCUT2D eigenvalue weighted by molar-refractivity contribution is 7.99. The average molecular weight is 439 g/mol. The Morgan fingerprint density at radius 1 is 1.06 bits per heavy atom. The third-order valence-corrected chi connectivity index (χ3v) is 5.51. The number of carbonyl (C=O) groups is 2. The van der Waals surface area contributed by atoms with Gasteiger partial charge in [0.05, 0.1) is 11.4 Å². The molecule has 1 heterocycles. The number of amides is 2. The lowest BCUT2D eigenvalue weighted by atomic mass is 10.1. The minimum absolute atomic E-state index is 0.0846. The Labute approximate surface area is 186 Å². The largest absolute Gasteiger partial charge is 0.345 e. The van der Waals surface area contributed by atoms with Crippen molar-refractivity contribution in [3.8, 4) is 5.69 Å². The molecule has 1 N–H and O–H groups in total. The van der Waals surface area contributed by atoms with Crippen molar-refractivity contribution >= 4 is 29.3 Å². The molecule has 2 amide bonds. The molecule has 0 fully saturated rings. The van der Waals surface area contributed by atoms with E-state index in [2.05, 4.69) is 39.9 Å². The lowest BCUT2D eigenvalue weighted by Crippen LogP contribution is -2.21. The highest BCUT2D eigenvalue weighted by Crippen LogP contribution is 2.20. The number of rotatable bonds is 9. The van der Waals surface area contributed by atoms with E-state index in [4.69, 9.17) is 0 Å². The Kier molecular flexibility index (Phi) is 7.77. The van der Waals surface area contributed by atoms with Gasteiger partial charge in [-0.1, -0.05) is 37.2 Å². The molecule has 0 spiro atoms. The lowest BCUT2D eigenvalue weighted by Gasteiger charge is -2.11. The third-order valence-electron chi connectivity index (χ3n) is 4.59. The van der Waals surface area contributed by atoms with Gasteiger partial charge >= 0.3 is 0 Å². The zero-order valence-corrected chi connectivity index (χ0v) is 18.7. The van der Waals surface area contributed by atoms with Gasteiger partial charge in [0.1, 0.15) is 0 Å². The monoisotopic (exact) mass is 438 g/mol. The van der Waals surface area contributed by atoms with Gasteiger partial charge in [-0.15, -0.1) is 5.10 Å². The van der Waals surface area contributed by atoms with E-state index in [0.717, 1.165) is 24.9 Å². The molecule has 0 aliphatic rings. The fourth-order valence-corrected chi connectivity index (χ4v) is 3.59. The summed E-state index contributed by atoms with van der Waals surface area (Å²) < 4.78 is 1.63. The molecular weight excluding hydrogens is 412 g/mol. The summed E-state index contributed by atoms with van der Waals surface area (Å²) in [5.41, 5.74) is 3.33. The van der Waals surface area contributed by atoms with Crippen molar-refractivity contribution in [3.05, 3.63) is 59.7 Å². The first-order chi connectivity index (χ1) is 15.0. The Morgan fingerprint density at radius 2 is 1.77 bits per heavy atom. The number of carbonyl (C=O) groups excluding carboxylic acids is 2. The maximum Gasteiger partial charge on any atom is 0.253 e. The van der Waals surface area contributed by atoms with Gasteiger partial charge in [-0.3, -0.25) is 9.59 Å². The van der Waals surface area contributed by atoms with Crippen molar-refractivity contribution in [1.29, 1.82) is 0 Å². The molecule has 3 aromatic rings. The molecule has 3 rings (SSSR count). The number of nitrogens with zero attached hydrogens (tertiary/aromatic N) is 5. The maximum absolute atomic E-state index is 12.3. The number of aromatic nitrogens is 4. The SMILES string of the molecule is CCCCc1ccc(-n2nnnc2SCC(=O)Nc2ccc(C(=O)N(C)C)cc2)cc1. The summed E-state index contributed by atoms with van der Waals surface area (Å²) in [6.45, 7) is 2.18. The molecular formula is C22H26N6O2S. The number of thioether (sulfide) groups is 1. The predicted octanol–water partition coefficient (Wildman–Crippen LogP) is 3.44. The summed E-state index contributed by atoms with van der Waals surface area (Å²) in [6, 6.07) is 14.9. The van der Waals surface area contributed by atoms with Crippen LogP contribution in [0, 0.1) is 0 Å². The maximum atomic E-state index is 12.3. The summed E-state index contributed by atoms with van der Waals surface area (Å²) in [7, 11) is 3.40. The Hall–Kier alpha value is -3.20. The van der Waals surface area contributed by atoms with E-state index in [-0.39, 0.29) is 17.6 Å². The Morgan fingerprint density at radius 3 is 2.42 bits per heavy atom. The topological polar surface area (TPSA) is 93.0 Å².